The van der Waals surface area contributed by atoms with Crippen LogP contribution >= 0.6 is 0 Å². The van der Waals surface area contributed by atoms with E-state index in [9.17, 15) is 0 Å². The average Bonchev–Trinajstić information content (AvgIpc) is 1.27. The fourth-order valence-electron chi connectivity index (χ4n) is 0.305. The van der Waals surface area contributed by atoms with E-state index in [0.717, 1.165) is 0 Å². The molecule has 3 N–H and O–H groups in total. The number of rotatable bonds is 2. The van der Waals surface area contributed by atoms with Crippen LogP contribution in [0.25, 0.3) is 0 Å². The second-order valence-corrected chi connectivity index (χ2v) is 1.57. The van der Waals surface area contributed by atoms with Crippen LogP contribution < -0.4 is 0 Å². The van der Waals surface area contributed by atoms with Crippen LogP contribution in [0.1, 0.15) is 0 Å². The summed E-state index contributed by atoms with van der Waals surface area (Å²) in [6, 6.07) is 0. The fraction of sp³-hybridized carbons (Fsp3) is 1.00. The van der Waals surface area contributed by atoms with Crippen molar-refractivity contribution >= 4 is 14.0 Å². The lowest BCUT2D eigenvalue weighted by molar-refractivity contribution is 0.410. The van der Waals surface area contributed by atoms with E-state index >= 15 is 0 Å². The van der Waals surface area contributed by atoms with Gasteiger partial charge in [0.25, 0.3) is 6.92 Å². The lowest BCUT2D eigenvalue weighted by Crippen LogP contribution is -2.20. The van der Waals surface area contributed by atoms with Crippen LogP contribution in [0.4, 0.5) is 0 Å². The Morgan fingerprint density at radius 3 is 1.71 bits per heavy atom. The summed E-state index contributed by atoms with van der Waals surface area (Å²) in [5, 5.41) is 24.6. The van der Waals surface area contributed by atoms with Gasteiger partial charge in [-0.1, -0.05) is 6.82 Å². The summed E-state index contributed by atoms with van der Waals surface area (Å²) < 4.78 is 0. The SMILES string of the molecule is CB(O)CB(O)O. The van der Waals surface area contributed by atoms with Gasteiger partial charge in [-0.3, -0.25) is 0 Å². The molecule has 0 rings (SSSR count). The molecule has 0 aromatic heterocycles. The molecule has 3 nitrogen and oxygen atoms in total. The van der Waals surface area contributed by atoms with Gasteiger partial charge in [0.1, 0.15) is 0 Å². The topological polar surface area (TPSA) is 60.7 Å². The largest absolute Gasteiger partial charge is 0.451 e. The van der Waals surface area contributed by atoms with Crippen LogP contribution in [0, 0.1) is 0 Å². The molecule has 0 bridgehead atoms. The zero-order chi connectivity index (χ0) is 5.86. The predicted molar refractivity (Wildman–Crippen MR) is 28.8 cm³/mol. The first-order valence-corrected chi connectivity index (χ1v) is 2.17. The molecule has 0 aliphatic rings. The molecule has 0 aromatic rings. The smallest absolute Gasteiger partial charge is 0.446 e. The van der Waals surface area contributed by atoms with Gasteiger partial charge in [0, 0.05) is 0 Å². The highest BCUT2D eigenvalue weighted by Gasteiger charge is 2.12. The van der Waals surface area contributed by atoms with Gasteiger partial charge in [-0.25, -0.2) is 0 Å². The maximum atomic E-state index is 8.40. The van der Waals surface area contributed by atoms with Crippen molar-refractivity contribution in [3.63, 3.8) is 0 Å². The molecule has 0 saturated heterocycles. The minimum absolute atomic E-state index is 0.0278. The van der Waals surface area contributed by atoms with Crippen LogP contribution in [-0.4, -0.2) is 29.1 Å². The molecule has 0 amide bonds. The van der Waals surface area contributed by atoms with Crippen LogP contribution in [0.3, 0.4) is 0 Å². The summed E-state index contributed by atoms with van der Waals surface area (Å²) in [5.74, 6) is 0. The maximum Gasteiger partial charge on any atom is 0.446 e. The highest BCUT2D eigenvalue weighted by molar-refractivity contribution is 6.65. The zero-order valence-corrected chi connectivity index (χ0v) is 4.20. The lowest BCUT2D eigenvalue weighted by Gasteiger charge is -1.94. The predicted octanol–water partition coefficient (Wildman–Crippen LogP) is -1.39. The van der Waals surface area contributed by atoms with E-state index in [2.05, 4.69) is 0 Å². The van der Waals surface area contributed by atoms with E-state index < -0.39 is 14.0 Å². The van der Waals surface area contributed by atoms with Crippen molar-refractivity contribution in [3.05, 3.63) is 0 Å². The summed E-state index contributed by atoms with van der Waals surface area (Å²) in [5.41, 5.74) is 0. The van der Waals surface area contributed by atoms with Crippen molar-refractivity contribution in [1.29, 1.82) is 0 Å². The third-order valence-corrected chi connectivity index (χ3v) is 0.552. The molecule has 5 heteroatoms. The highest BCUT2D eigenvalue weighted by Crippen LogP contribution is 1.85. The van der Waals surface area contributed by atoms with Gasteiger partial charge < -0.3 is 15.1 Å². The van der Waals surface area contributed by atoms with Gasteiger partial charge >= 0.3 is 7.12 Å². The van der Waals surface area contributed by atoms with Crippen molar-refractivity contribution in [2.75, 3.05) is 0 Å². The van der Waals surface area contributed by atoms with E-state index in [0.29, 0.717) is 0 Å². The van der Waals surface area contributed by atoms with Crippen molar-refractivity contribution in [2.45, 2.75) is 13.0 Å². The fourth-order valence-corrected chi connectivity index (χ4v) is 0.305. The summed E-state index contributed by atoms with van der Waals surface area (Å²) in [4.78, 5) is 0. The second kappa shape index (κ2) is 3.07. The molecule has 0 aromatic carbocycles. The van der Waals surface area contributed by atoms with E-state index in [1.165, 1.54) is 6.82 Å². The third kappa shape index (κ3) is 6.01. The minimum atomic E-state index is -1.38. The minimum Gasteiger partial charge on any atom is -0.451 e. The molecule has 40 valence electrons. The van der Waals surface area contributed by atoms with Crippen molar-refractivity contribution in [1.82, 2.24) is 0 Å². The lowest BCUT2D eigenvalue weighted by atomic mass is 9.55. The molecule has 7 heavy (non-hydrogen) atoms. The quantitative estimate of drug-likeness (QED) is 0.376. The van der Waals surface area contributed by atoms with Crippen LogP contribution in [0.2, 0.25) is 13.0 Å². The first-order chi connectivity index (χ1) is 3.13. The number of hydrogen-bond acceptors (Lipinski definition) is 3. The molecule has 0 unspecified atom stereocenters. The van der Waals surface area contributed by atoms with Crippen LogP contribution in [-0.2, 0) is 0 Å². The van der Waals surface area contributed by atoms with E-state index in [-0.39, 0.29) is 6.22 Å². The summed E-state index contributed by atoms with van der Waals surface area (Å²) in [6.07, 6.45) is 0.0278. The van der Waals surface area contributed by atoms with Crippen molar-refractivity contribution < 1.29 is 15.1 Å². The molecule has 0 fully saturated rings. The van der Waals surface area contributed by atoms with Gasteiger partial charge in [0.15, 0.2) is 0 Å². The van der Waals surface area contributed by atoms with Crippen molar-refractivity contribution in [2.24, 2.45) is 0 Å². The normalized spacial score (nSPS) is 8.57. The Balaban J connectivity index is 2.95. The maximum absolute atomic E-state index is 8.40. The van der Waals surface area contributed by atoms with E-state index in [1.807, 2.05) is 0 Å². The van der Waals surface area contributed by atoms with Gasteiger partial charge in [-0.15, -0.1) is 0 Å². The number of hydrogen-bond donors (Lipinski definition) is 3. The first kappa shape index (κ1) is 7.01. The Kier molecular flexibility index (Phi) is 3.07. The molecule has 0 aliphatic heterocycles. The van der Waals surface area contributed by atoms with Crippen LogP contribution in [0.5, 0.6) is 0 Å². The van der Waals surface area contributed by atoms with Gasteiger partial charge in [-0.2, -0.15) is 0 Å². The molecular formula is C2H8B2O3. The van der Waals surface area contributed by atoms with Crippen molar-refractivity contribution in [3.8, 4) is 0 Å². The Hall–Kier alpha value is 0.00987. The summed E-state index contributed by atoms with van der Waals surface area (Å²) in [6.45, 7) is 0.874. The summed E-state index contributed by atoms with van der Waals surface area (Å²) in [7, 11) is -1.38. The molecular weight excluding hydrogens is 93.6 g/mol. The molecule has 0 spiro atoms. The Morgan fingerprint density at radius 1 is 1.29 bits per heavy atom. The Labute approximate surface area is 43.2 Å². The second-order valence-electron chi connectivity index (χ2n) is 1.57. The molecule has 0 atom stereocenters. The molecule has 0 radical (unpaired) electrons. The van der Waals surface area contributed by atoms with Gasteiger partial charge in [0.05, 0.1) is 0 Å². The molecule has 0 saturated carbocycles. The molecule has 0 heterocycles. The molecule has 0 aliphatic carbocycles. The van der Waals surface area contributed by atoms with E-state index in [1.54, 1.807) is 0 Å². The standard InChI is InChI=1S/C2H8B2O3/c1-3(5)2-4(6)7/h5-7H,2H2,1H3. The zero-order valence-electron chi connectivity index (χ0n) is 4.20. The Bertz CT molecular complexity index is 40.2. The third-order valence-electron chi connectivity index (χ3n) is 0.552. The average molecular weight is 102 g/mol. The van der Waals surface area contributed by atoms with Gasteiger partial charge in [0.2, 0.25) is 0 Å². The summed E-state index contributed by atoms with van der Waals surface area (Å²) >= 11 is 0. The highest BCUT2D eigenvalue weighted by atomic mass is 16.4. The van der Waals surface area contributed by atoms with Gasteiger partial charge in [-0.05, 0) is 6.22 Å². The first-order valence-electron chi connectivity index (χ1n) is 2.17. The van der Waals surface area contributed by atoms with E-state index in [4.69, 9.17) is 15.1 Å². The Morgan fingerprint density at radius 2 is 1.71 bits per heavy atom. The van der Waals surface area contributed by atoms with Crippen LogP contribution in [0.15, 0.2) is 0 Å². The monoisotopic (exact) mass is 102 g/mol.